The van der Waals surface area contributed by atoms with Crippen molar-refractivity contribution in [2.24, 2.45) is 5.92 Å². The van der Waals surface area contributed by atoms with Gasteiger partial charge >= 0.3 is 0 Å². The number of fused-ring (bicyclic) bond motifs is 2. The number of alkyl halides is 2. The normalized spacial score (nSPS) is 22.6. The molecular formula is C21H20F2N6O. The summed E-state index contributed by atoms with van der Waals surface area (Å²) in [6, 6.07) is 10.3. The standard InChI is InChI=1S/C21H20F2N6O/c22-20(23)14-5-6-19(24-11-14)27-16-9-13-10-18(16)28(12-13)21(30)15-3-1-2-4-17(15)29-25-7-8-26-29/h1-8,11,13,16,18,20H,9-10,12H2,(H,24,27)/t13-,16-,18+/m1/s1. The first kappa shape index (κ1) is 18.7. The molecule has 0 spiro atoms. The van der Waals surface area contributed by atoms with E-state index in [1.165, 1.54) is 17.1 Å². The molecule has 2 aliphatic rings. The van der Waals surface area contributed by atoms with E-state index in [9.17, 15) is 13.6 Å². The molecule has 154 valence electrons. The second-order valence-electron chi connectivity index (χ2n) is 7.73. The van der Waals surface area contributed by atoms with Gasteiger partial charge in [-0.25, -0.2) is 13.8 Å². The summed E-state index contributed by atoms with van der Waals surface area (Å²) in [5, 5.41) is 11.6. The Bertz CT molecular complexity index is 1040. The van der Waals surface area contributed by atoms with E-state index in [1.807, 2.05) is 23.1 Å². The number of rotatable bonds is 5. The van der Waals surface area contributed by atoms with E-state index < -0.39 is 6.43 Å². The number of piperidine rings is 1. The van der Waals surface area contributed by atoms with Crippen molar-refractivity contribution in [3.8, 4) is 5.69 Å². The molecule has 3 heterocycles. The highest BCUT2D eigenvalue weighted by molar-refractivity contribution is 5.98. The van der Waals surface area contributed by atoms with Crippen molar-refractivity contribution in [3.63, 3.8) is 0 Å². The van der Waals surface area contributed by atoms with Gasteiger partial charge in [-0.3, -0.25) is 4.79 Å². The number of carbonyl (C=O) groups excluding carboxylic acids is 1. The Balaban J connectivity index is 1.35. The lowest BCUT2D eigenvalue weighted by atomic mass is 10.0. The van der Waals surface area contributed by atoms with Crippen LogP contribution in [0.5, 0.6) is 0 Å². The van der Waals surface area contributed by atoms with E-state index in [0.717, 1.165) is 12.8 Å². The molecule has 1 N–H and O–H groups in total. The number of hydrogen-bond acceptors (Lipinski definition) is 5. The average Bonchev–Trinajstić information content (AvgIpc) is 3.51. The number of amides is 1. The Morgan fingerprint density at radius 1 is 1.10 bits per heavy atom. The summed E-state index contributed by atoms with van der Waals surface area (Å²) < 4.78 is 25.5. The van der Waals surface area contributed by atoms with E-state index in [0.29, 0.717) is 29.5 Å². The van der Waals surface area contributed by atoms with Crippen LogP contribution in [0.25, 0.3) is 5.69 Å². The summed E-state index contributed by atoms with van der Waals surface area (Å²) in [6.07, 6.45) is 3.65. The molecule has 1 amide bonds. The minimum Gasteiger partial charge on any atom is -0.365 e. The summed E-state index contributed by atoms with van der Waals surface area (Å²) >= 11 is 0. The SMILES string of the molecule is O=C(c1ccccc1-n1nccn1)N1C[C@@H]2C[C@@H](Nc3ccc(C(F)F)cn3)[C@@H]1C2. The van der Waals surface area contributed by atoms with Crippen LogP contribution >= 0.6 is 0 Å². The molecule has 2 bridgehead atoms. The predicted molar refractivity (Wildman–Crippen MR) is 106 cm³/mol. The highest BCUT2D eigenvalue weighted by atomic mass is 19.3. The molecule has 1 aliphatic heterocycles. The zero-order chi connectivity index (χ0) is 20.7. The first-order valence-electron chi connectivity index (χ1n) is 9.87. The van der Waals surface area contributed by atoms with Crippen molar-refractivity contribution in [2.45, 2.75) is 31.4 Å². The van der Waals surface area contributed by atoms with Gasteiger partial charge in [-0.2, -0.15) is 15.0 Å². The van der Waals surface area contributed by atoms with Crippen molar-refractivity contribution < 1.29 is 13.6 Å². The smallest absolute Gasteiger partial charge is 0.265 e. The van der Waals surface area contributed by atoms with Crippen molar-refractivity contribution in [1.29, 1.82) is 0 Å². The maximum atomic E-state index is 13.4. The number of benzene rings is 1. The van der Waals surface area contributed by atoms with Gasteiger partial charge in [0.1, 0.15) is 5.82 Å². The van der Waals surface area contributed by atoms with Crippen LogP contribution in [-0.2, 0) is 0 Å². The molecule has 30 heavy (non-hydrogen) atoms. The number of para-hydroxylation sites is 1. The number of anilines is 1. The lowest BCUT2D eigenvalue weighted by Gasteiger charge is -2.34. The molecule has 1 aromatic carbocycles. The largest absolute Gasteiger partial charge is 0.365 e. The molecule has 2 fully saturated rings. The average molecular weight is 410 g/mol. The number of nitrogens with one attached hydrogen (secondary N) is 1. The molecule has 1 saturated carbocycles. The fourth-order valence-corrected chi connectivity index (χ4v) is 4.55. The highest BCUT2D eigenvalue weighted by Crippen LogP contribution is 2.40. The Morgan fingerprint density at radius 2 is 1.90 bits per heavy atom. The predicted octanol–water partition coefficient (Wildman–Crippen LogP) is 3.32. The molecule has 9 heteroatoms. The van der Waals surface area contributed by atoms with Crippen molar-refractivity contribution in [2.75, 3.05) is 11.9 Å². The van der Waals surface area contributed by atoms with E-state index in [4.69, 9.17) is 0 Å². The summed E-state index contributed by atoms with van der Waals surface area (Å²) in [5.74, 6) is 0.903. The van der Waals surface area contributed by atoms with Gasteiger partial charge in [0.2, 0.25) is 0 Å². The summed E-state index contributed by atoms with van der Waals surface area (Å²) in [6.45, 7) is 0.709. The Morgan fingerprint density at radius 3 is 2.60 bits per heavy atom. The van der Waals surface area contributed by atoms with Crippen molar-refractivity contribution in [3.05, 3.63) is 66.1 Å². The lowest BCUT2D eigenvalue weighted by Crippen LogP contribution is -2.48. The highest BCUT2D eigenvalue weighted by Gasteiger charge is 2.47. The van der Waals surface area contributed by atoms with Crippen LogP contribution in [0.3, 0.4) is 0 Å². The van der Waals surface area contributed by atoms with Gasteiger partial charge in [0.25, 0.3) is 12.3 Å². The number of hydrogen-bond donors (Lipinski definition) is 1. The number of halogens is 2. The lowest BCUT2D eigenvalue weighted by molar-refractivity contribution is 0.0691. The number of nitrogens with zero attached hydrogens (tertiary/aromatic N) is 5. The first-order chi connectivity index (χ1) is 14.6. The van der Waals surface area contributed by atoms with E-state index >= 15 is 0 Å². The van der Waals surface area contributed by atoms with E-state index in [1.54, 1.807) is 24.5 Å². The first-order valence-corrected chi connectivity index (χ1v) is 9.87. The monoisotopic (exact) mass is 410 g/mol. The maximum absolute atomic E-state index is 13.4. The van der Waals surface area contributed by atoms with Crippen LogP contribution in [-0.4, -0.2) is 49.4 Å². The van der Waals surface area contributed by atoms with Gasteiger partial charge in [-0.15, -0.1) is 0 Å². The molecule has 3 aromatic rings. The molecule has 3 atom stereocenters. The molecule has 5 rings (SSSR count). The van der Waals surface area contributed by atoms with Gasteiger partial charge in [-0.1, -0.05) is 12.1 Å². The van der Waals surface area contributed by atoms with Crippen molar-refractivity contribution in [1.82, 2.24) is 24.9 Å². The van der Waals surface area contributed by atoms with E-state index in [-0.39, 0.29) is 23.6 Å². The molecule has 1 saturated heterocycles. The van der Waals surface area contributed by atoms with Crippen molar-refractivity contribution >= 4 is 11.7 Å². The molecule has 0 radical (unpaired) electrons. The molecule has 1 aliphatic carbocycles. The number of aromatic nitrogens is 4. The van der Waals surface area contributed by atoms with E-state index in [2.05, 4.69) is 20.5 Å². The zero-order valence-corrected chi connectivity index (χ0v) is 16.0. The molecule has 7 nitrogen and oxygen atoms in total. The Kier molecular flexibility index (Phi) is 4.65. The summed E-state index contributed by atoms with van der Waals surface area (Å²) in [5.41, 5.74) is 1.09. The Labute approximate surface area is 171 Å². The van der Waals surface area contributed by atoms with Crippen LogP contribution in [0.4, 0.5) is 14.6 Å². The zero-order valence-electron chi connectivity index (χ0n) is 16.0. The second kappa shape index (κ2) is 7.47. The number of likely N-dealkylation sites (tertiary alicyclic amines) is 1. The third-order valence-electron chi connectivity index (χ3n) is 5.88. The topological polar surface area (TPSA) is 75.9 Å². The Hall–Kier alpha value is -3.36. The van der Waals surface area contributed by atoms with Gasteiger partial charge in [0, 0.05) is 24.3 Å². The number of carbonyl (C=O) groups is 1. The van der Waals surface area contributed by atoms with Crippen LogP contribution in [0.1, 0.15) is 35.2 Å². The minimum atomic E-state index is -2.54. The third-order valence-corrected chi connectivity index (χ3v) is 5.88. The van der Waals surface area contributed by atoms with Gasteiger partial charge < -0.3 is 10.2 Å². The van der Waals surface area contributed by atoms with Gasteiger partial charge in [0.05, 0.1) is 29.7 Å². The fraction of sp³-hybridized carbons (Fsp3) is 0.333. The van der Waals surface area contributed by atoms with Crippen LogP contribution in [0.2, 0.25) is 0 Å². The summed E-state index contributed by atoms with van der Waals surface area (Å²) in [4.78, 5) is 20.9. The third kappa shape index (κ3) is 3.30. The quantitative estimate of drug-likeness (QED) is 0.698. The summed E-state index contributed by atoms with van der Waals surface area (Å²) in [7, 11) is 0. The molecule has 0 unspecified atom stereocenters. The van der Waals surface area contributed by atoms with Crippen LogP contribution in [0.15, 0.2) is 55.0 Å². The fourth-order valence-electron chi connectivity index (χ4n) is 4.55. The van der Waals surface area contributed by atoms with Crippen LogP contribution < -0.4 is 5.32 Å². The maximum Gasteiger partial charge on any atom is 0.265 e. The van der Waals surface area contributed by atoms with Crippen LogP contribution in [0, 0.1) is 5.92 Å². The molecular weight excluding hydrogens is 390 g/mol. The van der Waals surface area contributed by atoms with Gasteiger partial charge in [0.15, 0.2) is 0 Å². The second-order valence-corrected chi connectivity index (χ2v) is 7.73. The van der Waals surface area contributed by atoms with Gasteiger partial charge in [-0.05, 0) is 43.0 Å². The molecule has 2 aromatic heterocycles. The minimum absolute atomic E-state index is 0.0257. The number of pyridine rings is 1.